The van der Waals surface area contributed by atoms with Gasteiger partial charge in [-0.1, -0.05) is 0 Å². The highest BCUT2D eigenvalue weighted by molar-refractivity contribution is 6.06. The molecule has 0 radical (unpaired) electrons. The molecule has 1 aromatic heterocycles. The number of nitrogens with zero attached hydrogens (tertiary/aromatic N) is 2. The molecule has 1 heterocycles. The number of carbonyl (C=O) groups is 1. The maximum absolute atomic E-state index is 12.5. The number of carbonyl (C=O) groups excluding carboxylic acids is 1. The molecule has 0 aliphatic heterocycles. The van der Waals surface area contributed by atoms with Crippen molar-refractivity contribution in [3.8, 4) is 0 Å². The van der Waals surface area contributed by atoms with Gasteiger partial charge in [0.05, 0.1) is 5.56 Å². The summed E-state index contributed by atoms with van der Waals surface area (Å²) in [4.78, 5) is 18.4. The minimum Gasteiger partial charge on any atom is -0.399 e. The Balaban J connectivity index is 2.35. The number of aryl methyl sites for hydroxylation is 1. The third-order valence-corrected chi connectivity index (χ3v) is 3.00. The molecule has 0 unspecified atom stereocenters. The van der Waals surface area contributed by atoms with E-state index in [-0.39, 0.29) is 5.91 Å². The number of aromatic nitrogens is 1. The number of anilines is 2. The van der Waals surface area contributed by atoms with Crippen molar-refractivity contribution in [3.63, 3.8) is 0 Å². The summed E-state index contributed by atoms with van der Waals surface area (Å²) in [5, 5.41) is 0. The van der Waals surface area contributed by atoms with Crippen LogP contribution in [0.1, 0.15) is 23.0 Å². The Morgan fingerprint density at radius 3 is 2.53 bits per heavy atom. The smallest absolute Gasteiger partial charge is 0.260 e. The summed E-state index contributed by atoms with van der Waals surface area (Å²) in [6.07, 6.45) is 1.69. The number of amides is 1. The van der Waals surface area contributed by atoms with Crippen LogP contribution in [0, 0.1) is 6.92 Å². The van der Waals surface area contributed by atoms with Crippen LogP contribution in [0.15, 0.2) is 42.6 Å². The Hall–Kier alpha value is -2.36. The van der Waals surface area contributed by atoms with Crippen LogP contribution in [-0.2, 0) is 0 Å². The van der Waals surface area contributed by atoms with Gasteiger partial charge in [-0.3, -0.25) is 9.78 Å². The Morgan fingerprint density at radius 2 is 1.95 bits per heavy atom. The summed E-state index contributed by atoms with van der Waals surface area (Å²) in [6.45, 7) is 4.38. The van der Waals surface area contributed by atoms with Gasteiger partial charge in [-0.05, 0) is 50.2 Å². The van der Waals surface area contributed by atoms with Crippen molar-refractivity contribution < 1.29 is 4.79 Å². The van der Waals surface area contributed by atoms with Crippen LogP contribution in [0.4, 0.5) is 11.4 Å². The van der Waals surface area contributed by atoms with E-state index in [1.54, 1.807) is 35.4 Å². The maximum atomic E-state index is 12.5. The molecule has 2 rings (SSSR count). The summed E-state index contributed by atoms with van der Waals surface area (Å²) >= 11 is 0. The minimum atomic E-state index is -0.0436. The second-order valence-electron chi connectivity index (χ2n) is 4.28. The summed E-state index contributed by atoms with van der Waals surface area (Å²) in [5.41, 5.74) is 8.55. The number of rotatable bonds is 3. The zero-order chi connectivity index (χ0) is 13.8. The lowest BCUT2D eigenvalue weighted by Crippen LogP contribution is -2.31. The standard InChI is InChI=1S/C15H17N3O/c1-3-18(13-8-6-12(16)7-9-13)15(19)14-5-4-10-17-11(14)2/h4-10H,3,16H2,1-2H3. The van der Waals surface area contributed by atoms with Gasteiger partial charge in [0.15, 0.2) is 0 Å². The van der Waals surface area contributed by atoms with Gasteiger partial charge in [0.2, 0.25) is 0 Å². The lowest BCUT2D eigenvalue weighted by atomic mass is 10.1. The summed E-state index contributed by atoms with van der Waals surface area (Å²) in [5.74, 6) is -0.0436. The van der Waals surface area contributed by atoms with Gasteiger partial charge in [0.1, 0.15) is 0 Å². The number of benzene rings is 1. The fourth-order valence-corrected chi connectivity index (χ4v) is 1.95. The molecule has 1 amide bonds. The third-order valence-electron chi connectivity index (χ3n) is 3.00. The fourth-order valence-electron chi connectivity index (χ4n) is 1.95. The lowest BCUT2D eigenvalue weighted by Gasteiger charge is -2.21. The van der Waals surface area contributed by atoms with Crippen LogP contribution < -0.4 is 10.6 Å². The van der Waals surface area contributed by atoms with Gasteiger partial charge in [0, 0.05) is 29.8 Å². The molecule has 0 bridgehead atoms. The predicted octanol–water partition coefficient (Wildman–Crippen LogP) is 2.64. The molecule has 0 saturated carbocycles. The zero-order valence-corrected chi connectivity index (χ0v) is 11.1. The van der Waals surface area contributed by atoms with E-state index >= 15 is 0 Å². The zero-order valence-electron chi connectivity index (χ0n) is 11.1. The largest absolute Gasteiger partial charge is 0.399 e. The summed E-state index contributed by atoms with van der Waals surface area (Å²) in [7, 11) is 0. The van der Waals surface area contributed by atoms with Crippen molar-refractivity contribution in [2.45, 2.75) is 13.8 Å². The summed E-state index contributed by atoms with van der Waals surface area (Å²) in [6, 6.07) is 10.9. The van der Waals surface area contributed by atoms with E-state index < -0.39 is 0 Å². The van der Waals surface area contributed by atoms with Crippen molar-refractivity contribution in [3.05, 3.63) is 53.9 Å². The van der Waals surface area contributed by atoms with E-state index in [1.807, 2.05) is 26.0 Å². The second-order valence-corrected chi connectivity index (χ2v) is 4.28. The molecule has 4 heteroatoms. The van der Waals surface area contributed by atoms with Crippen molar-refractivity contribution in [2.24, 2.45) is 0 Å². The van der Waals surface area contributed by atoms with Gasteiger partial charge in [-0.15, -0.1) is 0 Å². The van der Waals surface area contributed by atoms with Crippen LogP contribution in [0.2, 0.25) is 0 Å². The SMILES string of the molecule is CCN(C(=O)c1cccnc1C)c1ccc(N)cc1. The van der Waals surface area contributed by atoms with Crippen LogP contribution in [-0.4, -0.2) is 17.4 Å². The quantitative estimate of drug-likeness (QED) is 0.858. The highest BCUT2D eigenvalue weighted by Crippen LogP contribution is 2.19. The highest BCUT2D eigenvalue weighted by Gasteiger charge is 2.17. The van der Waals surface area contributed by atoms with Gasteiger partial charge in [0.25, 0.3) is 5.91 Å². The second kappa shape index (κ2) is 5.52. The molecule has 98 valence electrons. The molecule has 0 atom stereocenters. The van der Waals surface area contributed by atoms with E-state index in [1.165, 1.54) is 0 Å². The van der Waals surface area contributed by atoms with E-state index in [0.29, 0.717) is 17.8 Å². The molecule has 0 saturated heterocycles. The van der Waals surface area contributed by atoms with E-state index in [0.717, 1.165) is 11.4 Å². The minimum absolute atomic E-state index is 0.0436. The fraction of sp³-hybridized carbons (Fsp3) is 0.200. The first-order valence-corrected chi connectivity index (χ1v) is 6.22. The van der Waals surface area contributed by atoms with Crippen LogP contribution in [0.3, 0.4) is 0 Å². The average molecular weight is 255 g/mol. The number of nitrogens with two attached hydrogens (primary N) is 1. The first-order valence-electron chi connectivity index (χ1n) is 6.22. The van der Waals surface area contributed by atoms with E-state index in [4.69, 9.17) is 5.73 Å². The number of hydrogen-bond acceptors (Lipinski definition) is 3. The monoisotopic (exact) mass is 255 g/mol. The maximum Gasteiger partial charge on any atom is 0.260 e. The molecule has 0 fully saturated rings. The average Bonchev–Trinajstić information content (AvgIpc) is 2.42. The molecular weight excluding hydrogens is 238 g/mol. The first kappa shape index (κ1) is 13.1. The Kier molecular flexibility index (Phi) is 3.80. The van der Waals surface area contributed by atoms with Crippen molar-refractivity contribution in [2.75, 3.05) is 17.2 Å². The third kappa shape index (κ3) is 2.73. The lowest BCUT2D eigenvalue weighted by molar-refractivity contribution is 0.0987. The van der Waals surface area contributed by atoms with Crippen molar-refractivity contribution in [1.82, 2.24) is 4.98 Å². The summed E-state index contributed by atoms with van der Waals surface area (Å²) < 4.78 is 0. The number of nitrogen functional groups attached to an aromatic ring is 1. The topological polar surface area (TPSA) is 59.2 Å². The van der Waals surface area contributed by atoms with E-state index in [2.05, 4.69) is 4.98 Å². The molecule has 1 aromatic carbocycles. The molecule has 4 nitrogen and oxygen atoms in total. The molecule has 0 spiro atoms. The Morgan fingerprint density at radius 1 is 1.26 bits per heavy atom. The molecule has 2 aromatic rings. The van der Waals surface area contributed by atoms with Crippen LogP contribution >= 0.6 is 0 Å². The Labute approximate surface area is 112 Å². The van der Waals surface area contributed by atoms with Crippen molar-refractivity contribution >= 4 is 17.3 Å². The molecular formula is C15H17N3O. The van der Waals surface area contributed by atoms with Gasteiger partial charge >= 0.3 is 0 Å². The van der Waals surface area contributed by atoms with Crippen LogP contribution in [0.25, 0.3) is 0 Å². The molecule has 19 heavy (non-hydrogen) atoms. The predicted molar refractivity (Wildman–Crippen MR) is 77.2 cm³/mol. The first-order chi connectivity index (χ1) is 9.13. The van der Waals surface area contributed by atoms with E-state index in [9.17, 15) is 4.79 Å². The normalized spacial score (nSPS) is 10.2. The highest BCUT2D eigenvalue weighted by atomic mass is 16.2. The van der Waals surface area contributed by atoms with Gasteiger partial charge < -0.3 is 10.6 Å². The van der Waals surface area contributed by atoms with Crippen LogP contribution in [0.5, 0.6) is 0 Å². The van der Waals surface area contributed by atoms with Gasteiger partial charge in [-0.2, -0.15) is 0 Å². The van der Waals surface area contributed by atoms with Gasteiger partial charge in [-0.25, -0.2) is 0 Å². The molecule has 2 N–H and O–H groups in total. The number of hydrogen-bond donors (Lipinski definition) is 1. The Bertz CT molecular complexity index is 578. The van der Waals surface area contributed by atoms with Crippen molar-refractivity contribution in [1.29, 1.82) is 0 Å². The molecule has 0 aliphatic carbocycles. The number of pyridine rings is 1. The molecule has 0 aliphatic rings.